The molecule has 0 saturated heterocycles. The van der Waals surface area contributed by atoms with Crippen molar-refractivity contribution < 1.29 is 14.3 Å². The summed E-state index contributed by atoms with van der Waals surface area (Å²) in [6.45, 7) is 1.95. The van der Waals surface area contributed by atoms with Gasteiger partial charge in [0.1, 0.15) is 11.4 Å². The minimum Gasteiger partial charge on any atom is -0.497 e. The highest BCUT2D eigenvalue weighted by Crippen LogP contribution is 2.16. The molecule has 0 saturated carbocycles. The highest BCUT2D eigenvalue weighted by atomic mass is 16.5. The first-order chi connectivity index (χ1) is 14.0. The predicted octanol–water partition coefficient (Wildman–Crippen LogP) is 4.41. The van der Waals surface area contributed by atoms with E-state index in [1.165, 1.54) is 0 Å². The van der Waals surface area contributed by atoms with Gasteiger partial charge in [-0.1, -0.05) is 48.0 Å². The van der Waals surface area contributed by atoms with Crippen LogP contribution in [0.4, 0.5) is 5.69 Å². The number of hydrogen-bond acceptors (Lipinski definition) is 3. The van der Waals surface area contributed by atoms with Crippen molar-refractivity contribution in [2.75, 3.05) is 12.4 Å². The van der Waals surface area contributed by atoms with E-state index in [9.17, 15) is 9.59 Å². The molecule has 3 aromatic rings. The van der Waals surface area contributed by atoms with Gasteiger partial charge in [0, 0.05) is 11.3 Å². The predicted molar refractivity (Wildman–Crippen MR) is 115 cm³/mol. The lowest BCUT2D eigenvalue weighted by atomic mass is 10.1. The van der Waals surface area contributed by atoms with Gasteiger partial charge in [-0.2, -0.15) is 0 Å². The maximum Gasteiger partial charge on any atom is 0.272 e. The summed E-state index contributed by atoms with van der Waals surface area (Å²) in [5.74, 6) is -0.0766. The fourth-order valence-electron chi connectivity index (χ4n) is 2.65. The zero-order valence-corrected chi connectivity index (χ0v) is 16.3. The molecule has 0 unspecified atom stereocenters. The number of nitrogens with one attached hydrogen (secondary N) is 2. The molecular weight excluding hydrogens is 364 g/mol. The Morgan fingerprint density at radius 2 is 1.52 bits per heavy atom. The van der Waals surface area contributed by atoms with Crippen LogP contribution in [0.2, 0.25) is 0 Å². The summed E-state index contributed by atoms with van der Waals surface area (Å²) >= 11 is 0. The molecule has 3 rings (SSSR count). The van der Waals surface area contributed by atoms with Crippen molar-refractivity contribution in [2.45, 2.75) is 6.92 Å². The minimum atomic E-state index is -0.417. The summed E-state index contributed by atoms with van der Waals surface area (Å²) in [4.78, 5) is 25.5. The van der Waals surface area contributed by atoms with E-state index in [2.05, 4.69) is 10.6 Å². The van der Waals surface area contributed by atoms with Gasteiger partial charge in [-0.15, -0.1) is 0 Å². The number of amides is 2. The van der Waals surface area contributed by atoms with Crippen LogP contribution in [-0.4, -0.2) is 18.9 Å². The van der Waals surface area contributed by atoms with Crippen molar-refractivity contribution in [3.8, 4) is 5.75 Å². The van der Waals surface area contributed by atoms with Gasteiger partial charge in [0.05, 0.1) is 7.11 Å². The third kappa shape index (κ3) is 5.56. The van der Waals surface area contributed by atoms with Crippen molar-refractivity contribution in [3.05, 3.63) is 101 Å². The molecule has 0 aliphatic rings. The number of carbonyl (C=O) groups excluding carboxylic acids is 2. The number of carbonyl (C=O) groups is 2. The Bertz CT molecular complexity index is 1010. The van der Waals surface area contributed by atoms with Gasteiger partial charge in [-0.05, 0) is 55.0 Å². The Balaban J connectivity index is 1.83. The lowest BCUT2D eigenvalue weighted by molar-refractivity contribution is -0.113. The van der Waals surface area contributed by atoms with Gasteiger partial charge in [-0.3, -0.25) is 9.59 Å². The summed E-state index contributed by atoms with van der Waals surface area (Å²) in [5, 5.41) is 5.53. The number of ether oxygens (including phenoxy) is 1. The molecule has 0 atom stereocenters. The molecule has 0 heterocycles. The highest BCUT2D eigenvalue weighted by molar-refractivity contribution is 6.10. The van der Waals surface area contributed by atoms with Crippen LogP contribution in [0.3, 0.4) is 0 Å². The van der Waals surface area contributed by atoms with Crippen LogP contribution < -0.4 is 15.4 Å². The molecule has 0 aliphatic heterocycles. The van der Waals surface area contributed by atoms with Crippen LogP contribution >= 0.6 is 0 Å². The summed E-state index contributed by atoms with van der Waals surface area (Å²) in [6, 6.07) is 23.5. The molecule has 0 fully saturated rings. The second kappa shape index (κ2) is 9.37. The summed E-state index contributed by atoms with van der Waals surface area (Å²) in [6.07, 6.45) is 1.64. The number of benzene rings is 3. The van der Waals surface area contributed by atoms with E-state index >= 15 is 0 Å². The number of aryl methyl sites for hydroxylation is 1. The SMILES string of the molecule is COc1ccc(NC(=O)/C(=C\c2ccccc2)NC(=O)c2ccc(C)cc2)cc1. The highest BCUT2D eigenvalue weighted by Gasteiger charge is 2.15. The van der Waals surface area contributed by atoms with Crippen molar-refractivity contribution in [1.29, 1.82) is 0 Å². The van der Waals surface area contributed by atoms with E-state index in [4.69, 9.17) is 4.74 Å². The fraction of sp³-hybridized carbons (Fsp3) is 0.0833. The Kier molecular flexibility index (Phi) is 6.43. The molecule has 2 amide bonds. The van der Waals surface area contributed by atoms with E-state index < -0.39 is 5.91 Å². The van der Waals surface area contributed by atoms with Crippen molar-refractivity contribution in [1.82, 2.24) is 5.32 Å². The van der Waals surface area contributed by atoms with E-state index in [0.717, 1.165) is 11.1 Å². The Hall–Kier alpha value is -3.86. The largest absolute Gasteiger partial charge is 0.497 e. The van der Waals surface area contributed by atoms with Crippen LogP contribution in [-0.2, 0) is 4.79 Å². The molecule has 0 aliphatic carbocycles. The van der Waals surface area contributed by atoms with Gasteiger partial charge >= 0.3 is 0 Å². The quantitative estimate of drug-likeness (QED) is 0.617. The van der Waals surface area contributed by atoms with Gasteiger partial charge in [-0.25, -0.2) is 0 Å². The van der Waals surface area contributed by atoms with E-state index in [-0.39, 0.29) is 11.6 Å². The maximum absolute atomic E-state index is 12.9. The average molecular weight is 386 g/mol. The van der Waals surface area contributed by atoms with Gasteiger partial charge in [0.15, 0.2) is 0 Å². The molecule has 0 bridgehead atoms. The van der Waals surface area contributed by atoms with Crippen LogP contribution in [0.1, 0.15) is 21.5 Å². The Labute approximate surface area is 170 Å². The van der Waals surface area contributed by atoms with Gasteiger partial charge in [0.25, 0.3) is 11.8 Å². The Morgan fingerprint density at radius 3 is 2.14 bits per heavy atom. The van der Waals surface area contributed by atoms with Gasteiger partial charge in [0.2, 0.25) is 0 Å². The molecule has 0 radical (unpaired) electrons. The first kappa shape index (κ1) is 19.9. The number of rotatable bonds is 6. The van der Waals surface area contributed by atoms with Crippen LogP contribution in [0, 0.1) is 6.92 Å². The fourth-order valence-corrected chi connectivity index (χ4v) is 2.65. The molecule has 0 aromatic heterocycles. The number of anilines is 1. The van der Waals surface area contributed by atoms with Gasteiger partial charge < -0.3 is 15.4 Å². The second-order valence-electron chi connectivity index (χ2n) is 6.47. The molecule has 29 heavy (non-hydrogen) atoms. The molecule has 0 spiro atoms. The maximum atomic E-state index is 12.9. The topological polar surface area (TPSA) is 67.4 Å². The first-order valence-corrected chi connectivity index (χ1v) is 9.15. The zero-order chi connectivity index (χ0) is 20.6. The zero-order valence-electron chi connectivity index (χ0n) is 16.3. The third-order valence-electron chi connectivity index (χ3n) is 4.27. The normalized spacial score (nSPS) is 10.9. The first-order valence-electron chi connectivity index (χ1n) is 9.15. The Morgan fingerprint density at radius 1 is 0.862 bits per heavy atom. The minimum absolute atomic E-state index is 0.151. The molecule has 2 N–H and O–H groups in total. The van der Waals surface area contributed by atoms with Crippen molar-refractivity contribution in [3.63, 3.8) is 0 Å². The van der Waals surface area contributed by atoms with Crippen LogP contribution in [0.15, 0.2) is 84.6 Å². The van der Waals surface area contributed by atoms with Crippen LogP contribution in [0.25, 0.3) is 6.08 Å². The second-order valence-corrected chi connectivity index (χ2v) is 6.47. The van der Waals surface area contributed by atoms with Crippen molar-refractivity contribution >= 4 is 23.6 Å². The van der Waals surface area contributed by atoms with E-state index in [1.54, 1.807) is 49.6 Å². The summed E-state index contributed by atoms with van der Waals surface area (Å²) < 4.78 is 5.13. The third-order valence-corrected chi connectivity index (χ3v) is 4.27. The summed E-state index contributed by atoms with van der Waals surface area (Å²) in [7, 11) is 1.58. The lowest BCUT2D eigenvalue weighted by Gasteiger charge is -2.12. The summed E-state index contributed by atoms with van der Waals surface area (Å²) in [5.41, 5.74) is 3.08. The smallest absolute Gasteiger partial charge is 0.272 e. The standard InChI is InChI=1S/C24H22N2O3/c1-17-8-10-19(11-9-17)23(27)26-22(16-18-6-4-3-5-7-18)24(28)25-20-12-14-21(29-2)15-13-20/h3-16H,1-2H3,(H,25,28)(H,26,27)/b22-16+. The molecule has 146 valence electrons. The molecule has 3 aromatic carbocycles. The van der Waals surface area contributed by atoms with E-state index in [0.29, 0.717) is 17.0 Å². The average Bonchev–Trinajstić information content (AvgIpc) is 2.75. The molecule has 5 heteroatoms. The molecular formula is C24H22N2O3. The lowest BCUT2D eigenvalue weighted by Crippen LogP contribution is -2.30. The number of methoxy groups -OCH3 is 1. The monoisotopic (exact) mass is 386 g/mol. The van der Waals surface area contributed by atoms with Crippen molar-refractivity contribution in [2.24, 2.45) is 0 Å². The van der Waals surface area contributed by atoms with Crippen LogP contribution in [0.5, 0.6) is 5.75 Å². The van der Waals surface area contributed by atoms with E-state index in [1.807, 2.05) is 49.4 Å². The number of hydrogen-bond donors (Lipinski definition) is 2. The molecule has 5 nitrogen and oxygen atoms in total.